The summed E-state index contributed by atoms with van der Waals surface area (Å²) in [6.07, 6.45) is 1.69. The number of aromatic nitrogens is 1. The highest BCUT2D eigenvalue weighted by molar-refractivity contribution is 6.67. The van der Waals surface area contributed by atoms with Gasteiger partial charge in [0.05, 0.1) is 16.2 Å². The van der Waals surface area contributed by atoms with Crippen molar-refractivity contribution in [1.29, 1.82) is 0 Å². The zero-order valence-electron chi connectivity index (χ0n) is 11.7. The third-order valence-corrected chi connectivity index (χ3v) is 3.85. The molecule has 0 radical (unpaired) electrons. The Bertz CT molecular complexity index is 925. The summed E-state index contributed by atoms with van der Waals surface area (Å²) in [6, 6.07) is 13.3. The van der Waals surface area contributed by atoms with Crippen LogP contribution in [0.4, 0.5) is 5.69 Å². The molecule has 4 nitrogen and oxygen atoms in total. The van der Waals surface area contributed by atoms with Gasteiger partial charge in [0.25, 0.3) is 11.1 Å². The summed E-state index contributed by atoms with van der Waals surface area (Å²) < 4.78 is 0. The first-order valence-corrected chi connectivity index (χ1v) is 7.46. The fourth-order valence-corrected chi connectivity index (χ4v) is 2.44. The van der Waals surface area contributed by atoms with Crippen molar-refractivity contribution in [2.45, 2.75) is 0 Å². The second-order valence-electron chi connectivity index (χ2n) is 4.83. The van der Waals surface area contributed by atoms with Crippen molar-refractivity contribution in [3.05, 3.63) is 70.9 Å². The molecule has 0 saturated heterocycles. The lowest BCUT2D eigenvalue weighted by molar-refractivity contribution is 0.102. The highest BCUT2D eigenvalue weighted by Gasteiger charge is 2.12. The van der Waals surface area contributed by atoms with Crippen LogP contribution in [0.3, 0.4) is 0 Å². The summed E-state index contributed by atoms with van der Waals surface area (Å²) in [5, 5.41) is 3.25. The number of carbonyl (C=O) groups is 2. The Morgan fingerprint density at radius 1 is 1.00 bits per heavy atom. The zero-order valence-corrected chi connectivity index (χ0v) is 13.2. The number of pyridine rings is 1. The second-order valence-corrected chi connectivity index (χ2v) is 5.58. The molecule has 0 unspecified atom stereocenters. The largest absolute Gasteiger partial charge is 0.321 e. The molecule has 0 aliphatic heterocycles. The van der Waals surface area contributed by atoms with E-state index in [9.17, 15) is 9.59 Å². The predicted molar refractivity (Wildman–Crippen MR) is 91.3 cm³/mol. The fraction of sp³-hybridized carbons (Fsp3) is 0. The van der Waals surface area contributed by atoms with E-state index < -0.39 is 5.24 Å². The SMILES string of the molecule is O=C(Cl)c1ccc(Cl)c(NC(=O)c2ccc3ncccc3c2)c1. The van der Waals surface area contributed by atoms with Crippen molar-refractivity contribution >= 4 is 50.9 Å². The maximum atomic E-state index is 12.4. The van der Waals surface area contributed by atoms with Gasteiger partial charge in [-0.15, -0.1) is 0 Å². The number of nitrogens with zero attached hydrogens (tertiary/aromatic N) is 1. The minimum absolute atomic E-state index is 0.258. The first-order chi connectivity index (χ1) is 11.0. The van der Waals surface area contributed by atoms with E-state index >= 15 is 0 Å². The first kappa shape index (κ1) is 15.5. The summed E-state index contributed by atoms with van der Waals surface area (Å²) in [4.78, 5) is 27.8. The van der Waals surface area contributed by atoms with E-state index in [0.717, 1.165) is 10.9 Å². The molecule has 1 heterocycles. The number of hydrogen-bond donors (Lipinski definition) is 1. The average Bonchev–Trinajstić information content (AvgIpc) is 2.56. The number of halogens is 2. The van der Waals surface area contributed by atoms with Crippen LogP contribution in [0.25, 0.3) is 10.9 Å². The lowest BCUT2D eigenvalue weighted by atomic mass is 10.1. The van der Waals surface area contributed by atoms with Gasteiger partial charge in [0.2, 0.25) is 0 Å². The van der Waals surface area contributed by atoms with Gasteiger partial charge in [0.15, 0.2) is 0 Å². The Morgan fingerprint density at radius 3 is 2.57 bits per heavy atom. The van der Waals surface area contributed by atoms with Crippen LogP contribution >= 0.6 is 23.2 Å². The van der Waals surface area contributed by atoms with Crippen LogP contribution in [0.1, 0.15) is 20.7 Å². The maximum Gasteiger partial charge on any atom is 0.255 e. The monoisotopic (exact) mass is 344 g/mol. The van der Waals surface area contributed by atoms with Crippen LogP contribution in [0.2, 0.25) is 5.02 Å². The molecule has 1 amide bonds. The number of anilines is 1. The van der Waals surface area contributed by atoms with Gasteiger partial charge < -0.3 is 5.32 Å². The number of fused-ring (bicyclic) bond motifs is 1. The van der Waals surface area contributed by atoms with Crippen LogP contribution in [0.5, 0.6) is 0 Å². The van der Waals surface area contributed by atoms with E-state index in [4.69, 9.17) is 23.2 Å². The van der Waals surface area contributed by atoms with Gasteiger partial charge in [-0.25, -0.2) is 0 Å². The van der Waals surface area contributed by atoms with Gasteiger partial charge in [0, 0.05) is 22.7 Å². The Hall–Kier alpha value is -2.43. The fourth-order valence-electron chi connectivity index (χ4n) is 2.15. The molecule has 0 fully saturated rings. The topological polar surface area (TPSA) is 59.1 Å². The molecule has 0 spiro atoms. The summed E-state index contributed by atoms with van der Waals surface area (Å²) in [6.45, 7) is 0. The van der Waals surface area contributed by atoms with Gasteiger partial charge in [0.1, 0.15) is 0 Å². The van der Waals surface area contributed by atoms with E-state index in [1.54, 1.807) is 30.5 Å². The third kappa shape index (κ3) is 3.33. The highest BCUT2D eigenvalue weighted by atomic mass is 35.5. The summed E-state index contributed by atoms with van der Waals surface area (Å²) in [7, 11) is 0. The van der Waals surface area contributed by atoms with Crippen LogP contribution < -0.4 is 5.32 Å². The lowest BCUT2D eigenvalue weighted by Crippen LogP contribution is -2.12. The number of rotatable bonds is 3. The summed E-state index contributed by atoms with van der Waals surface area (Å²) in [5.74, 6) is -0.336. The van der Waals surface area contributed by atoms with Gasteiger partial charge in [-0.1, -0.05) is 17.7 Å². The smallest absolute Gasteiger partial charge is 0.255 e. The second kappa shape index (κ2) is 6.36. The molecule has 1 N–H and O–H groups in total. The molecule has 3 aromatic rings. The Balaban J connectivity index is 1.91. The van der Waals surface area contributed by atoms with Crippen LogP contribution in [0, 0.1) is 0 Å². The molecule has 2 aromatic carbocycles. The van der Waals surface area contributed by atoms with Crippen molar-refractivity contribution in [2.75, 3.05) is 5.32 Å². The quantitative estimate of drug-likeness (QED) is 0.710. The molecule has 0 bridgehead atoms. The maximum absolute atomic E-state index is 12.4. The van der Waals surface area contributed by atoms with Crippen molar-refractivity contribution in [2.24, 2.45) is 0 Å². The summed E-state index contributed by atoms with van der Waals surface area (Å²) in [5.41, 5.74) is 1.85. The van der Waals surface area contributed by atoms with Crippen molar-refractivity contribution in [1.82, 2.24) is 4.98 Å². The molecule has 6 heteroatoms. The van der Waals surface area contributed by atoms with Crippen molar-refractivity contribution in [3.63, 3.8) is 0 Å². The third-order valence-electron chi connectivity index (χ3n) is 3.31. The Morgan fingerprint density at radius 2 is 1.78 bits per heavy atom. The molecule has 0 aliphatic carbocycles. The molecule has 1 aromatic heterocycles. The molecule has 114 valence electrons. The number of amides is 1. The summed E-state index contributed by atoms with van der Waals surface area (Å²) >= 11 is 11.5. The molecule has 0 saturated carbocycles. The van der Waals surface area contributed by atoms with Gasteiger partial charge >= 0.3 is 0 Å². The molecule has 3 rings (SSSR count). The van der Waals surface area contributed by atoms with E-state index in [1.807, 2.05) is 6.07 Å². The van der Waals surface area contributed by atoms with Crippen molar-refractivity contribution in [3.8, 4) is 0 Å². The van der Waals surface area contributed by atoms with Crippen LogP contribution in [-0.4, -0.2) is 16.1 Å². The standard InChI is InChI=1S/C17H10Cl2N2O2/c18-13-5-3-11(16(19)22)9-15(13)21-17(23)12-4-6-14-10(8-12)2-1-7-20-14/h1-9H,(H,21,23). The number of carbonyl (C=O) groups excluding carboxylic acids is 2. The minimum atomic E-state index is -0.617. The van der Waals surface area contributed by atoms with Gasteiger partial charge in [-0.2, -0.15) is 0 Å². The number of nitrogens with one attached hydrogen (secondary N) is 1. The van der Waals surface area contributed by atoms with Gasteiger partial charge in [-0.3, -0.25) is 14.6 Å². The zero-order chi connectivity index (χ0) is 16.4. The average molecular weight is 345 g/mol. The minimum Gasteiger partial charge on any atom is -0.321 e. The normalized spacial score (nSPS) is 10.5. The predicted octanol–water partition coefficient (Wildman–Crippen LogP) is 4.52. The number of hydrogen-bond acceptors (Lipinski definition) is 3. The highest BCUT2D eigenvalue weighted by Crippen LogP contribution is 2.25. The van der Waals surface area contributed by atoms with Crippen LogP contribution in [-0.2, 0) is 0 Å². The molecule has 0 aliphatic rings. The van der Waals surface area contributed by atoms with E-state index in [1.165, 1.54) is 18.2 Å². The van der Waals surface area contributed by atoms with E-state index in [-0.39, 0.29) is 11.5 Å². The van der Waals surface area contributed by atoms with E-state index in [2.05, 4.69) is 10.3 Å². The Labute approximate surface area is 142 Å². The molecule has 0 atom stereocenters. The van der Waals surface area contributed by atoms with E-state index in [0.29, 0.717) is 16.3 Å². The lowest BCUT2D eigenvalue weighted by Gasteiger charge is -2.09. The first-order valence-electron chi connectivity index (χ1n) is 6.70. The van der Waals surface area contributed by atoms with Crippen LogP contribution in [0.15, 0.2) is 54.7 Å². The van der Waals surface area contributed by atoms with Crippen molar-refractivity contribution < 1.29 is 9.59 Å². The molecular formula is C17H10Cl2N2O2. The Kier molecular flexibility index (Phi) is 4.28. The molecule has 23 heavy (non-hydrogen) atoms. The van der Waals surface area contributed by atoms with Gasteiger partial charge in [-0.05, 0) is 54.1 Å². The molecular weight excluding hydrogens is 335 g/mol. The number of benzene rings is 2.